The van der Waals surface area contributed by atoms with E-state index in [4.69, 9.17) is 28.2 Å². The summed E-state index contributed by atoms with van der Waals surface area (Å²) in [5.41, 5.74) is 1.87. The minimum absolute atomic E-state index is 0.0128. The lowest BCUT2D eigenvalue weighted by atomic mass is 10.2. The molecule has 34 heavy (non-hydrogen) atoms. The third-order valence-corrected chi connectivity index (χ3v) is 6.67. The van der Waals surface area contributed by atoms with Crippen LogP contribution < -0.4 is 10.9 Å². The highest BCUT2D eigenvalue weighted by Gasteiger charge is 2.16. The molecule has 0 bridgehead atoms. The van der Waals surface area contributed by atoms with Gasteiger partial charge in [-0.2, -0.15) is 0 Å². The first-order chi connectivity index (χ1) is 16.5. The molecule has 1 N–H and O–H groups in total. The van der Waals surface area contributed by atoms with Crippen molar-refractivity contribution in [2.75, 3.05) is 12.3 Å². The Morgan fingerprint density at radius 2 is 1.88 bits per heavy atom. The average Bonchev–Trinajstić information content (AvgIpc) is 2.83. The highest BCUT2D eigenvalue weighted by molar-refractivity contribution is 7.99. The summed E-state index contributed by atoms with van der Waals surface area (Å²) < 4.78 is 1.51. The van der Waals surface area contributed by atoms with Gasteiger partial charge >= 0.3 is 0 Å². The van der Waals surface area contributed by atoms with Crippen LogP contribution in [0, 0.1) is 0 Å². The summed E-state index contributed by atoms with van der Waals surface area (Å²) in [6, 6.07) is 17.9. The molecule has 2 aromatic carbocycles. The summed E-state index contributed by atoms with van der Waals surface area (Å²) in [6.07, 6.45) is 3.45. The summed E-state index contributed by atoms with van der Waals surface area (Å²) in [5.74, 6) is 0.602. The molecule has 0 saturated heterocycles. The summed E-state index contributed by atoms with van der Waals surface area (Å²) in [4.78, 5) is 34.5. The lowest BCUT2D eigenvalue weighted by Gasteiger charge is -2.14. The molecule has 4 rings (SSSR count). The maximum Gasteiger partial charge on any atom is 0.266 e. The zero-order chi connectivity index (χ0) is 23.9. The van der Waals surface area contributed by atoms with Gasteiger partial charge in [0.2, 0.25) is 5.91 Å². The second-order valence-electron chi connectivity index (χ2n) is 7.52. The monoisotopic (exact) mass is 512 g/mol. The van der Waals surface area contributed by atoms with Crippen LogP contribution in [-0.2, 0) is 11.2 Å². The van der Waals surface area contributed by atoms with Crippen LogP contribution >= 0.6 is 35.0 Å². The Hall–Kier alpha value is -2.87. The second kappa shape index (κ2) is 11.5. The molecule has 0 aliphatic heterocycles. The van der Waals surface area contributed by atoms with Gasteiger partial charge < -0.3 is 5.32 Å². The first kappa shape index (κ1) is 24.3. The number of nitrogens with one attached hydrogen (secondary N) is 1. The summed E-state index contributed by atoms with van der Waals surface area (Å²) >= 11 is 13.9. The van der Waals surface area contributed by atoms with Crippen LogP contribution in [0.4, 0.5) is 0 Å². The van der Waals surface area contributed by atoms with Crippen molar-refractivity contribution in [1.82, 2.24) is 19.9 Å². The molecule has 174 valence electrons. The van der Waals surface area contributed by atoms with E-state index >= 15 is 0 Å². The highest BCUT2D eigenvalue weighted by atomic mass is 35.5. The van der Waals surface area contributed by atoms with Gasteiger partial charge in [-0.05, 0) is 48.9 Å². The molecule has 0 aliphatic carbocycles. The van der Waals surface area contributed by atoms with Crippen molar-refractivity contribution in [1.29, 1.82) is 0 Å². The molecule has 0 spiro atoms. The SMILES string of the molecule is O=C(CCCSc1nc2ccccc2c(=O)n1-c1ccc(Cl)cc1Cl)NCCc1ccccn1. The molecule has 4 aromatic rings. The van der Waals surface area contributed by atoms with Crippen LogP contribution in [-0.4, -0.2) is 32.7 Å². The van der Waals surface area contributed by atoms with E-state index in [1.807, 2.05) is 30.3 Å². The van der Waals surface area contributed by atoms with Crippen LogP contribution in [0.25, 0.3) is 16.6 Å². The van der Waals surface area contributed by atoms with E-state index in [1.54, 1.807) is 36.5 Å². The Kier molecular flexibility index (Phi) is 8.21. The quantitative estimate of drug-likeness (QED) is 0.186. The van der Waals surface area contributed by atoms with E-state index in [0.717, 1.165) is 5.69 Å². The summed E-state index contributed by atoms with van der Waals surface area (Å²) in [7, 11) is 0. The number of carbonyl (C=O) groups excluding carboxylic acids is 1. The molecule has 0 atom stereocenters. The molecule has 6 nitrogen and oxygen atoms in total. The Labute approximate surface area is 211 Å². The minimum atomic E-state index is -0.204. The molecule has 2 aromatic heterocycles. The third kappa shape index (κ3) is 5.97. The molecule has 0 aliphatic rings. The van der Waals surface area contributed by atoms with Crippen molar-refractivity contribution >= 4 is 51.8 Å². The van der Waals surface area contributed by atoms with Gasteiger partial charge in [0, 0.05) is 42.1 Å². The normalized spacial score (nSPS) is 11.0. The number of fused-ring (bicyclic) bond motifs is 1. The highest BCUT2D eigenvalue weighted by Crippen LogP contribution is 2.28. The van der Waals surface area contributed by atoms with Crippen molar-refractivity contribution in [2.24, 2.45) is 0 Å². The van der Waals surface area contributed by atoms with Crippen molar-refractivity contribution < 1.29 is 4.79 Å². The Bertz CT molecular complexity index is 1360. The number of amides is 1. The number of halogens is 2. The number of benzene rings is 2. The summed E-state index contributed by atoms with van der Waals surface area (Å²) in [5, 5.41) is 4.79. The molecule has 0 unspecified atom stereocenters. The van der Waals surface area contributed by atoms with Crippen LogP contribution in [0.2, 0.25) is 10.0 Å². The largest absolute Gasteiger partial charge is 0.356 e. The minimum Gasteiger partial charge on any atom is -0.356 e. The molecular formula is C25H22Cl2N4O2S. The van der Waals surface area contributed by atoms with Gasteiger partial charge in [0.15, 0.2) is 5.16 Å². The molecule has 1 amide bonds. The molecule has 0 radical (unpaired) electrons. The van der Waals surface area contributed by atoms with E-state index < -0.39 is 0 Å². The van der Waals surface area contributed by atoms with Crippen molar-refractivity contribution in [3.05, 3.63) is 93.0 Å². The standard InChI is InChI=1S/C25H22Cl2N4O2S/c26-17-10-11-22(20(27)16-17)31-24(33)19-7-1-2-8-21(19)30-25(31)34-15-5-9-23(32)29-14-12-18-6-3-4-13-28-18/h1-4,6-8,10-11,13,16H,5,9,12,14-15H2,(H,29,32). The number of rotatable bonds is 9. The number of hydrogen-bond donors (Lipinski definition) is 1. The van der Waals surface area contributed by atoms with E-state index in [9.17, 15) is 9.59 Å². The number of pyridine rings is 1. The van der Waals surface area contributed by atoms with Crippen LogP contribution in [0.5, 0.6) is 0 Å². The second-order valence-corrected chi connectivity index (χ2v) is 9.43. The van der Waals surface area contributed by atoms with Crippen LogP contribution in [0.3, 0.4) is 0 Å². The maximum absolute atomic E-state index is 13.3. The van der Waals surface area contributed by atoms with Gasteiger partial charge in [-0.15, -0.1) is 0 Å². The predicted molar refractivity (Wildman–Crippen MR) is 138 cm³/mol. The number of carbonyl (C=O) groups is 1. The fourth-order valence-electron chi connectivity index (χ4n) is 3.44. The third-order valence-electron chi connectivity index (χ3n) is 5.10. The lowest BCUT2D eigenvalue weighted by molar-refractivity contribution is -0.121. The van der Waals surface area contributed by atoms with Crippen molar-refractivity contribution in [3.63, 3.8) is 0 Å². The van der Waals surface area contributed by atoms with Gasteiger partial charge in [-0.25, -0.2) is 4.98 Å². The predicted octanol–water partition coefficient (Wildman–Crippen LogP) is 5.32. The Morgan fingerprint density at radius 1 is 1.06 bits per heavy atom. The molecule has 0 saturated carbocycles. The number of hydrogen-bond acceptors (Lipinski definition) is 5. The number of thioether (sulfide) groups is 1. The Morgan fingerprint density at radius 3 is 2.68 bits per heavy atom. The fourth-order valence-corrected chi connectivity index (χ4v) is 4.88. The van der Waals surface area contributed by atoms with Gasteiger partial charge in [0.1, 0.15) is 0 Å². The molecule has 2 heterocycles. The van der Waals surface area contributed by atoms with Crippen molar-refractivity contribution in [2.45, 2.75) is 24.4 Å². The Balaban J connectivity index is 1.43. The van der Waals surface area contributed by atoms with Crippen molar-refractivity contribution in [3.8, 4) is 5.69 Å². The van der Waals surface area contributed by atoms with E-state index in [2.05, 4.69) is 10.3 Å². The number of nitrogens with zero attached hydrogens (tertiary/aromatic N) is 3. The zero-order valence-electron chi connectivity index (χ0n) is 18.2. The zero-order valence-corrected chi connectivity index (χ0v) is 20.5. The van der Waals surface area contributed by atoms with E-state index in [1.165, 1.54) is 16.3 Å². The topological polar surface area (TPSA) is 76.9 Å². The first-order valence-electron chi connectivity index (χ1n) is 10.8. The number of para-hydroxylation sites is 1. The average molecular weight is 513 g/mol. The maximum atomic E-state index is 13.3. The van der Waals surface area contributed by atoms with Gasteiger partial charge in [0.25, 0.3) is 5.56 Å². The lowest BCUT2D eigenvalue weighted by Crippen LogP contribution is -2.25. The molecular weight excluding hydrogens is 491 g/mol. The summed E-state index contributed by atoms with van der Waals surface area (Å²) in [6.45, 7) is 0.545. The van der Waals surface area contributed by atoms with E-state index in [-0.39, 0.29) is 11.5 Å². The van der Waals surface area contributed by atoms with E-state index in [0.29, 0.717) is 63.4 Å². The fraction of sp³-hybridized carbons (Fsp3) is 0.200. The molecule has 9 heteroatoms. The van der Waals surface area contributed by atoms with Crippen LogP contribution in [0.1, 0.15) is 18.5 Å². The van der Waals surface area contributed by atoms with Gasteiger partial charge in [-0.3, -0.25) is 19.1 Å². The van der Waals surface area contributed by atoms with Gasteiger partial charge in [0.05, 0.1) is 21.6 Å². The van der Waals surface area contributed by atoms with Gasteiger partial charge in [-0.1, -0.05) is 53.2 Å². The first-order valence-corrected chi connectivity index (χ1v) is 12.5. The van der Waals surface area contributed by atoms with Crippen LogP contribution in [0.15, 0.2) is 76.8 Å². The smallest absolute Gasteiger partial charge is 0.266 e. The number of aromatic nitrogens is 3. The molecule has 0 fully saturated rings.